The van der Waals surface area contributed by atoms with Gasteiger partial charge in [-0.1, -0.05) is 79.7 Å². The fourth-order valence-electron chi connectivity index (χ4n) is 8.95. The van der Waals surface area contributed by atoms with Gasteiger partial charge in [-0.05, 0) is 169 Å². The maximum Gasteiger partial charge on any atom is 0.311 e. The Morgan fingerprint density at radius 1 is 0.677 bits per heavy atom. The van der Waals surface area contributed by atoms with Gasteiger partial charge in [0.1, 0.15) is 11.6 Å². The molecule has 6 rings (SSSR count). The van der Waals surface area contributed by atoms with Crippen LogP contribution in [0, 0.1) is 25.5 Å². The lowest BCUT2D eigenvalue weighted by Crippen LogP contribution is -2.35. The summed E-state index contributed by atoms with van der Waals surface area (Å²) in [7, 11) is -7.80. The Balaban J connectivity index is 0.000000236. The third-order valence-corrected chi connectivity index (χ3v) is 15.0. The molecule has 6 N–H and O–H groups in total. The molecule has 11 nitrogen and oxygen atoms in total. The molecule has 0 spiro atoms. The maximum atomic E-state index is 14.3. The van der Waals surface area contributed by atoms with Crippen molar-refractivity contribution in [3.63, 3.8) is 0 Å². The van der Waals surface area contributed by atoms with E-state index in [4.69, 9.17) is 5.14 Å². The molecule has 0 aliphatic heterocycles. The second kappa shape index (κ2) is 18.6. The Labute approximate surface area is 384 Å². The Kier molecular flexibility index (Phi) is 15.2. The number of hydrogen-bond acceptors (Lipinski definition) is 8. The van der Waals surface area contributed by atoms with Crippen LogP contribution < -0.4 is 9.86 Å². The molecular formula is C50H66F2N2O9S2. The number of carbonyl (C=O) groups excluding carboxylic acids is 1. The lowest BCUT2D eigenvalue weighted by atomic mass is 9.85. The minimum atomic E-state index is -4.13. The van der Waals surface area contributed by atoms with Crippen molar-refractivity contribution in [1.29, 1.82) is 0 Å². The molecule has 0 aromatic heterocycles. The zero-order valence-electron chi connectivity index (χ0n) is 39.9. The van der Waals surface area contributed by atoms with Crippen molar-refractivity contribution in [2.24, 2.45) is 5.14 Å². The number of primary sulfonamides is 1. The summed E-state index contributed by atoms with van der Waals surface area (Å²) in [6.45, 7) is 25.4. The SMILES string of the molecule is CC(C)c1cc(F)cc2c1C(C(=O)O)CC2(C)C.Cc1cc(C(C)(C)O)ccc1S(=O)(=O)NC(=O)C1CC(C)(C)c2cc(F)cc(C(C)C)c21.Cc1cc(C(C)(C)O)ccc1S(N)(=O)=O. The van der Waals surface area contributed by atoms with E-state index in [1.807, 2.05) is 55.4 Å². The Morgan fingerprint density at radius 2 is 1.05 bits per heavy atom. The molecular weight excluding hydrogens is 875 g/mol. The number of carboxylic acid groups (broad SMARTS) is 1. The van der Waals surface area contributed by atoms with Crippen LogP contribution in [0.2, 0.25) is 0 Å². The Hall–Kier alpha value is -4.54. The number of carbonyl (C=O) groups is 2. The number of halogens is 2. The third kappa shape index (κ3) is 11.9. The first-order valence-corrected chi connectivity index (χ1v) is 24.6. The maximum absolute atomic E-state index is 14.3. The van der Waals surface area contributed by atoms with Crippen molar-refractivity contribution < 1.29 is 50.5 Å². The lowest BCUT2D eigenvalue weighted by Gasteiger charge is -2.20. The second-order valence-corrected chi connectivity index (χ2v) is 23.6. The van der Waals surface area contributed by atoms with Gasteiger partial charge in [0.05, 0.1) is 32.8 Å². The molecule has 2 unspecified atom stereocenters. The number of fused-ring (bicyclic) bond motifs is 2. The fourth-order valence-corrected chi connectivity index (χ4v) is 11.0. The highest BCUT2D eigenvalue weighted by Gasteiger charge is 2.44. The first kappa shape index (κ1) is 53.1. The van der Waals surface area contributed by atoms with Gasteiger partial charge in [0, 0.05) is 0 Å². The molecule has 0 bridgehead atoms. The zero-order valence-corrected chi connectivity index (χ0v) is 41.6. The summed E-state index contributed by atoms with van der Waals surface area (Å²) >= 11 is 0. The number of hydrogen-bond donors (Lipinski definition) is 5. The highest BCUT2D eigenvalue weighted by atomic mass is 32.2. The van der Waals surface area contributed by atoms with Crippen LogP contribution in [0.1, 0.15) is 175 Å². The number of rotatable bonds is 9. The number of carboxylic acids is 1. The van der Waals surface area contributed by atoms with Crippen molar-refractivity contribution in [2.75, 3.05) is 0 Å². The topological polar surface area (TPSA) is 201 Å². The quantitative estimate of drug-likeness (QED) is 0.108. The summed E-state index contributed by atoms with van der Waals surface area (Å²) in [5, 5.41) is 34.3. The van der Waals surface area contributed by atoms with Crippen LogP contribution in [0.4, 0.5) is 8.78 Å². The van der Waals surface area contributed by atoms with Crippen LogP contribution >= 0.6 is 0 Å². The van der Waals surface area contributed by atoms with Gasteiger partial charge < -0.3 is 15.3 Å². The van der Waals surface area contributed by atoms with Gasteiger partial charge in [-0.25, -0.2) is 35.5 Å². The van der Waals surface area contributed by atoms with Gasteiger partial charge in [-0.2, -0.15) is 0 Å². The average Bonchev–Trinajstić information content (AvgIpc) is 3.58. The first-order chi connectivity index (χ1) is 29.4. The molecule has 0 radical (unpaired) electrons. The third-order valence-electron chi connectivity index (χ3n) is 12.4. The molecule has 0 saturated carbocycles. The molecule has 2 aliphatic carbocycles. The van der Waals surface area contributed by atoms with Gasteiger partial charge >= 0.3 is 5.97 Å². The average molecular weight is 941 g/mol. The highest BCUT2D eigenvalue weighted by Crippen LogP contribution is 2.50. The largest absolute Gasteiger partial charge is 0.481 e. The zero-order chi connectivity index (χ0) is 49.7. The number of benzene rings is 4. The smallest absolute Gasteiger partial charge is 0.311 e. The molecule has 0 heterocycles. The highest BCUT2D eigenvalue weighted by molar-refractivity contribution is 7.90. The summed E-state index contributed by atoms with van der Waals surface area (Å²) in [6, 6.07) is 15.0. The Bertz CT molecular complexity index is 2710. The van der Waals surface area contributed by atoms with Crippen LogP contribution in [0.3, 0.4) is 0 Å². The predicted molar refractivity (Wildman–Crippen MR) is 249 cm³/mol. The number of aliphatic hydroxyl groups is 2. The van der Waals surface area contributed by atoms with E-state index in [-0.39, 0.29) is 38.7 Å². The second-order valence-electron chi connectivity index (χ2n) is 20.4. The summed E-state index contributed by atoms with van der Waals surface area (Å²) in [4.78, 5) is 24.8. The minimum Gasteiger partial charge on any atom is -0.481 e. The van der Waals surface area contributed by atoms with Crippen molar-refractivity contribution in [2.45, 2.75) is 165 Å². The summed E-state index contributed by atoms with van der Waals surface area (Å²) in [5.74, 6) is -3.13. The molecule has 2 atom stereocenters. The number of aryl methyl sites for hydroxylation is 2. The monoisotopic (exact) mass is 940 g/mol. The van der Waals surface area contributed by atoms with E-state index < -0.39 is 60.4 Å². The Morgan fingerprint density at radius 3 is 1.38 bits per heavy atom. The van der Waals surface area contributed by atoms with Crippen molar-refractivity contribution >= 4 is 31.9 Å². The number of amides is 1. The van der Waals surface area contributed by atoms with Crippen LogP contribution in [0.15, 0.2) is 70.5 Å². The standard InChI is InChI=1S/C25H32FNO4S.C15H19FO2.C10H15NO3S/c1-14(2)18-11-17(26)12-20-22(18)19(13-24(20,4)5)23(28)27-32(30,31)21-9-8-16(10-15(21)3)25(6,7)29;1-8(2)10-5-9(16)6-12-13(10)11(14(17)18)7-15(12,3)4;1-7-6-8(10(2,3)12)4-5-9(7)15(11,13)14/h8-12,14,19,29H,13H2,1-7H3,(H,27,28);5-6,8,11H,7H2,1-4H3,(H,17,18);4-6,12H,1-3H3,(H2,11,13,14). The number of nitrogens with two attached hydrogens (primary N) is 1. The number of sulfonamides is 2. The van der Waals surface area contributed by atoms with E-state index in [2.05, 4.69) is 4.72 Å². The molecule has 356 valence electrons. The lowest BCUT2D eigenvalue weighted by molar-refractivity contribution is -0.139. The van der Waals surface area contributed by atoms with Crippen molar-refractivity contribution in [3.05, 3.63) is 128 Å². The van der Waals surface area contributed by atoms with Gasteiger partial charge in [0.2, 0.25) is 15.9 Å². The van der Waals surface area contributed by atoms with Gasteiger partial charge in [-0.3, -0.25) is 9.59 Å². The number of aliphatic carboxylic acids is 1. The van der Waals surface area contributed by atoms with Gasteiger partial charge in [0.15, 0.2) is 0 Å². The normalized spacial score (nSPS) is 17.7. The van der Waals surface area contributed by atoms with E-state index in [0.717, 1.165) is 33.4 Å². The summed E-state index contributed by atoms with van der Waals surface area (Å²) in [6.07, 6.45) is 0.935. The van der Waals surface area contributed by atoms with Crippen LogP contribution in [0.5, 0.6) is 0 Å². The molecule has 65 heavy (non-hydrogen) atoms. The van der Waals surface area contributed by atoms with Crippen molar-refractivity contribution in [3.8, 4) is 0 Å². The van der Waals surface area contributed by atoms with E-state index >= 15 is 0 Å². The first-order valence-electron chi connectivity index (χ1n) is 21.6. The predicted octanol–water partition coefficient (Wildman–Crippen LogP) is 9.42. The molecule has 15 heteroatoms. The minimum absolute atomic E-state index is 0.0143. The van der Waals surface area contributed by atoms with E-state index in [1.165, 1.54) is 36.4 Å². The van der Waals surface area contributed by atoms with E-state index in [1.54, 1.807) is 65.8 Å². The number of nitrogens with one attached hydrogen (secondary N) is 1. The van der Waals surface area contributed by atoms with Gasteiger partial charge in [-0.15, -0.1) is 0 Å². The van der Waals surface area contributed by atoms with Crippen molar-refractivity contribution in [1.82, 2.24) is 4.72 Å². The van der Waals surface area contributed by atoms with Crippen LogP contribution in [-0.2, 0) is 51.7 Å². The molecule has 0 fully saturated rings. The fraction of sp³-hybridized carbons (Fsp3) is 0.480. The molecule has 4 aromatic carbocycles. The van der Waals surface area contributed by atoms with E-state index in [0.29, 0.717) is 35.1 Å². The summed E-state index contributed by atoms with van der Waals surface area (Å²) < 4.78 is 78.7. The van der Waals surface area contributed by atoms with Crippen LogP contribution in [0.25, 0.3) is 0 Å². The summed E-state index contributed by atoms with van der Waals surface area (Å²) in [5.41, 5.74) is 4.12. The van der Waals surface area contributed by atoms with E-state index in [9.17, 15) is 50.5 Å². The van der Waals surface area contributed by atoms with Crippen LogP contribution in [-0.4, -0.2) is 44.0 Å². The molecule has 4 aromatic rings. The van der Waals surface area contributed by atoms with Gasteiger partial charge in [0.25, 0.3) is 10.0 Å². The molecule has 0 saturated heterocycles. The molecule has 1 amide bonds. The molecule has 2 aliphatic rings.